The largest absolute Gasteiger partial charge is 2.00 e. The SMILES string of the molecule is C[C@@](CCCC(F)(F)F)(N=C(c1ccccc1)c1ccccc1N=C([O-])[C@@H]1CCCN1Cc1ccccc1)C(=O)[O-].[Ni+2]. The molecule has 0 spiro atoms. The molecule has 0 unspecified atom stereocenters. The van der Waals surface area contributed by atoms with Gasteiger partial charge in [0, 0.05) is 30.1 Å². The molecule has 4 rings (SSSR count). The van der Waals surface area contributed by atoms with Gasteiger partial charge in [-0.2, -0.15) is 13.2 Å². The van der Waals surface area contributed by atoms with Crippen LogP contribution < -0.4 is 10.2 Å². The van der Waals surface area contributed by atoms with Crippen molar-refractivity contribution in [2.24, 2.45) is 9.98 Å². The Morgan fingerprint density at radius 3 is 2.19 bits per heavy atom. The number of aliphatic carboxylic acids is 1. The number of para-hydroxylation sites is 1. The van der Waals surface area contributed by atoms with Gasteiger partial charge in [0.05, 0.1) is 22.9 Å². The standard InChI is InChI=1S/C32H34F3N3O3.Ni/c1-31(30(40)41,19-11-20-32(33,34)35)37-28(24-14-6-3-7-15-24)25-16-8-9-17-26(25)36-29(39)27-18-10-21-38(27)22-23-12-4-2-5-13-23;/h2-9,12-17,27H,10-11,18-22H2,1H3,(H,36,39)(H,40,41);/q;+2/p-2/t27-,31-;/m0./s1. The van der Waals surface area contributed by atoms with Crippen molar-refractivity contribution in [2.45, 2.75) is 63.3 Å². The van der Waals surface area contributed by atoms with E-state index in [0.717, 1.165) is 18.5 Å². The molecule has 0 aliphatic carbocycles. The van der Waals surface area contributed by atoms with Gasteiger partial charge >= 0.3 is 22.7 Å². The van der Waals surface area contributed by atoms with Crippen LogP contribution in [0.2, 0.25) is 0 Å². The molecule has 1 aliphatic heterocycles. The Morgan fingerprint density at radius 1 is 0.929 bits per heavy atom. The van der Waals surface area contributed by atoms with Crippen LogP contribution in [-0.4, -0.2) is 46.8 Å². The summed E-state index contributed by atoms with van der Waals surface area (Å²) in [5.74, 6) is -1.90. The number of hydrogen-bond acceptors (Lipinski definition) is 6. The van der Waals surface area contributed by atoms with Crippen molar-refractivity contribution in [3.05, 3.63) is 102 Å². The summed E-state index contributed by atoms with van der Waals surface area (Å²) in [6, 6.07) is 25.0. The minimum absolute atomic E-state index is 0. The number of carboxylic acid groups (broad SMARTS) is 1. The van der Waals surface area contributed by atoms with Gasteiger partial charge in [0.1, 0.15) is 0 Å². The minimum Gasteiger partial charge on any atom is -0.861 e. The smallest absolute Gasteiger partial charge is 0.861 e. The molecule has 1 fully saturated rings. The Morgan fingerprint density at radius 2 is 1.55 bits per heavy atom. The second kappa shape index (κ2) is 14.6. The van der Waals surface area contributed by atoms with Crippen LogP contribution in [-0.2, 0) is 27.8 Å². The zero-order chi connectivity index (χ0) is 29.5. The van der Waals surface area contributed by atoms with Crippen molar-refractivity contribution in [3.63, 3.8) is 0 Å². The number of aliphatic imine (C=N–C) groups is 2. The summed E-state index contributed by atoms with van der Waals surface area (Å²) < 4.78 is 38.5. The van der Waals surface area contributed by atoms with E-state index in [0.29, 0.717) is 29.8 Å². The molecule has 0 bridgehead atoms. The maximum absolute atomic E-state index is 13.5. The molecule has 1 saturated heterocycles. The predicted octanol–water partition coefficient (Wildman–Crippen LogP) is 4.82. The van der Waals surface area contributed by atoms with Crippen molar-refractivity contribution in [1.29, 1.82) is 0 Å². The van der Waals surface area contributed by atoms with Crippen LogP contribution in [0.3, 0.4) is 0 Å². The van der Waals surface area contributed by atoms with E-state index >= 15 is 0 Å². The Kier molecular flexibility index (Phi) is 11.5. The zero-order valence-corrected chi connectivity index (χ0v) is 24.1. The van der Waals surface area contributed by atoms with E-state index < -0.39 is 36.6 Å². The Hall–Kier alpha value is -3.49. The summed E-state index contributed by atoms with van der Waals surface area (Å²) in [6.07, 6.45) is -4.83. The predicted molar refractivity (Wildman–Crippen MR) is 149 cm³/mol. The average Bonchev–Trinajstić information content (AvgIpc) is 3.41. The fraction of sp³-hybridized carbons (Fsp3) is 0.344. The van der Waals surface area contributed by atoms with Crippen molar-refractivity contribution < 1.29 is 44.7 Å². The summed E-state index contributed by atoms with van der Waals surface area (Å²) in [5, 5.41) is 25.7. The molecule has 0 aromatic heterocycles. The Labute approximate surface area is 253 Å². The third kappa shape index (κ3) is 8.76. The number of carbonyl (C=O) groups excluding carboxylic acids is 1. The first-order valence-electron chi connectivity index (χ1n) is 13.6. The van der Waals surface area contributed by atoms with Crippen LogP contribution in [0.5, 0.6) is 0 Å². The third-order valence-electron chi connectivity index (χ3n) is 7.24. The summed E-state index contributed by atoms with van der Waals surface area (Å²) >= 11 is 0. The monoisotopic (exact) mass is 621 g/mol. The molecule has 6 nitrogen and oxygen atoms in total. The van der Waals surface area contributed by atoms with Gasteiger partial charge < -0.3 is 15.0 Å². The molecule has 0 N–H and O–H groups in total. The first kappa shape index (κ1) is 33.0. The number of benzene rings is 3. The molecule has 10 heteroatoms. The number of rotatable bonds is 11. The quantitative estimate of drug-likeness (QED) is 0.174. The normalized spacial score (nSPS) is 17.9. The number of hydrogen-bond donors (Lipinski definition) is 0. The van der Waals surface area contributed by atoms with E-state index in [4.69, 9.17) is 0 Å². The fourth-order valence-electron chi connectivity index (χ4n) is 5.04. The Bertz CT molecular complexity index is 1380. The molecular formula is C32H32F3N3NiO3. The van der Waals surface area contributed by atoms with Crippen LogP contribution in [0.4, 0.5) is 18.9 Å². The number of alkyl halides is 3. The summed E-state index contributed by atoms with van der Waals surface area (Å²) in [7, 11) is 0. The van der Waals surface area contributed by atoms with Gasteiger partial charge in [0.2, 0.25) is 0 Å². The fourth-order valence-corrected chi connectivity index (χ4v) is 5.04. The van der Waals surface area contributed by atoms with Crippen LogP contribution >= 0.6 is 0 Å². The molecule has 1 aliphatic rings. The molecule has 0 radical (unpaired) electrons. The van der Waals surface area contributed by atoms with E-state index in [-0.39, 0.29) is 34.5 Å². The molecule has 42 heavy (non-hydrogen) atoms. The molecule has 0 saturated carbocycles. The zero-order valence-electron chi connectivity index (χ0n) is 23.1. The van der Waals surface area contributed by atoms with Crippen LogP contribution in [0.1, 0.15) is 55.7 Å². The van der Waals surface area contributed by atoms with Crippen LogP contribution in [0, 0.1) is 0 Å². The molecule has 2 atom stereocenters. The molecule has 224 valence electrons. The first-order valence-corrected chi connectivity index (χ1v) is 13.6. The van der Waals surface area contributed by atoms with Gasteiger partial charge in [-0.25, -0.2) is 0 Å². The number of nitrogens with zero attached hydrogens (tertiary/aromatic N) is 3. The second-order valence-electron chi connectivity index (χ2n) is 10.4. The van der Waals surface area contributed by atoms with Gasteiger partial charge in [0.15, 0.2) is 0 Å². The minimum atomic E-state index is -4.42. The summed E-state index contributed by atoms with van der Waals surface area (Å²) in [4.78, 5) is 23.3. The van der Waals surface area contributed by atoms with E-state index in [2.05, 4.69) is 14.9 Å². The van der Waals surface area contributed by atoms with Gasteiger partial charge in [-0.05, 0) is 56.7 Å². The number of halogens is 3. The summed E-state index contributed by atoms with van der Waals surface area (Å²) in [6.45, 7) is 2.64. The molecule has 0 amide bonds. The van der Waals surface area contributed by atoms with Crippen molar-refractivity contribution in [2.75, 3.05) is 6.54 Å². The molecular weight excluding hydrogens is 590 g/mol. The maximum atomic E-state index is 13.5. The molecule has 3 aromatic carbocycles. The van der Waals surface area contributed by atoms with Crippen molar-refractivity contribution in [3.8, 4) is 0 Å². The number of carboxylic acids is 1. The first-order chi connectivity index (χ1) is 19.6. The van der Waals surface area contributed by atoms with Crippen molar-refractivity contribution >= 4 is 23.3 Å². The topological polar surface area (TPSA) is 91.2 Å². The van der Waals surface area contributed by atoms with E-state index in [9.17, 15) is 28.2 Å². The third-order valence-corrected chi connectivity index (χ3v) is 7.24. The number of carbonyl (C=O) groups is 1. The van der Waals surface area contributed by atoms with Gasteiger partial charge in [-0.15, -0.1) is 0 Å². The summed E-state index contributed by atoms with van der Waals surface area (Å²) in [5.41, 5.74) is 0.621. The van der Waals surface area contributed by atoms with Crippen molar-refractivity contribution in [1.82, 2.24) is 4.90 Å². The van der Waals surface area contributed by atoms with Gasteiger partial charge in [-0.3, -0.25) is 14.9 Å². The van der Waals surface area contributed by atoms with Gasteiger partial charge in [-0.1, -0.05) is 78.9 Å². The van der Waals surface area contributed by atoms with E-state index in [1.54, 1.807) is 54.6 Å². The van der Waals surface area contributed by atoms with Crippen LogP contribution in [0.15, 0.2) is 94.9 Å². The molecule has 3 aromatic rings. The molecule has 1 heterocycles. The van der Waals surface area contributed by atoms with Gasteiger partial charge in [0.25, 0.3) is 0 Å². The average molecular weight is 622 g/mol. The van der Waals surface area contributed by atoms with Crippen LogP contribution in [0.25, 0.3) is 0 Å². The van der Waals surface area contributed by atoms with E-state index in [1.165, 1.54) is 6.92 Å². The number of likely N-dealkylation sites (tertiary alicyclic amines) is 1. The van der Waals surface area contributed by atoms with E-state index in [1.807, 2.05) is 30.3 Å². The maximum Gasteiger partial charge on any atom is 2.00 e. The Balaban J connectivity index is 0.00000484. The second-order valence-corrected chi connectivity index (χ2v) is 10.4.